The molecule has 2 nitrogen and oxygen atoms in total. The van der Waals surface area contributed by atoms with Gasteiger partial charge in [-0.1, -0.05) is 114 Å². The third-order valence-corrected chi connectivity index (χ3v) is 6.99. The van der Waals surface area contributed by atoms with E-state index in [1.165, 1.54) is 62.5 Å². The number of aromatic nitrogens is 2. The maximum Gasteiger partial charge on any atom is 0.244 e. The van der Waals surface area contributed by atoms with Gasteiger partial charge in [-0.05, 0) is 36.8 Å². The zero-order valence-corrected chi connectivity index (χ0v) is 20.5. The first-order chi connectivity index (χ1) is 15.7. The summed E-state index contributed by atoms with van der Waals surface area (Å²) in [6, 6.07) is 22.6. The van der Waals surface area contributed by atoms with Crippen molar-refractivity contribution in [3.05, 3.63) is 90.5 Å². The molecule has 0 radical (unpaired) electrons. The van der Waals surface area contributed by atoms with Crippen molar-refractivity contribution >= 4 is 0 Å². The Labute approximate surface area is 196 Å². The fourth-order valence-electron chi connectivity index (χ4n) is 5.12. The lowest BCUT2D eigenvalue weighted by Gasteiger charge is -2.36. The molecule has 0 saturated carbocycles. The van der Waals surface area contributed by atoms with Gasteiger partial charge in [0.15, 0.2) is 0 Å². The summed E-state index contributed by atoms with van der Waals surface area (Å²) in [4.78, 5) is 0. The van der Waals surface area contributed by atoms with Crippen LogP contribution >= 0.6 is 0 Å². The molecule has 0 aliphatic carbocycles. The van der Waals surface area contributed by atoms with Crippen LogP contribution in [0.15, 0.2) is 79.4 Å². The van der Waals surface area contributed by atoms with E-state index in [0.717, 1.165) is 13.0 Å². The summed E-state index contributed by atoms with van der Waals surface area (Å²) in [7, 11) is 0. The van der Waals surface area contributed by atoms with E-state index >= 15 is 0 Å². The van der Waals surface area contributed by atoms with E-state index in [4.69, 9.17) is 0 Å². The molecule has 2 heteroatoms. The number of unbranched alkanes of at least 4 members (excludes halogenated alkanes) is 5. The zero-order valence-electron chi connectivity index (χ0n) is 20.5. The quantitative estimate of drug-likeness (QED) is 0.183. The molecular formula is C30H43N2+. The van der Waals surface area contributed by atoms with Crippen LogP contribution in [0.3, 0.4) is 0 Å². The Bertz CT molecular complexity index is 883. The molecule has 3 rings (SSSR count). The molecule has 0 N–H and O–H groups in total. The normalized spacial score (nSPS) is 14.2. The minimum atomic E-state index is 0.0234. The second kappa shape index (κ2) is 12.6. The molecule has 3 aromatic rings. The summed E-state index contributed by atoms with van der Waals surface area (Å²) < 4.78 is 4.90. The maximum atomic E-state index is 2.50. The van der Waals surface area contributed by atoms with Crippen LogP contribution in [0.5, 0.6) is 0 Å². The van der Waals surface area contributed by atoms with Crippen molar-refractivity contribution in [2.45, 2.75) is 96.6 Å². The van der Waals surface area contributed by atoms with Crippen LogP contribution in [0.1, 0.15) is 89.3 Å². The highest BCUT2D eigenvalue weighted by Crippen LogP contribution is 2.41. The Morgan fingerprint density at radius 1 is 0.812 bits per heavy atom. The summed E-state index contributed by atoms with van der Waals surface area (Å²) in [6.07, 6.45) is 18.4. The monoisotopic (exact) mass is 431 g/mol. The second-order valence-corrected chi connectivity index (χ2v) is 9.62. The van der Waals surface area contributed by atoms with Crippen molar-refractivity contribution < 1.29 is 4.57 Å². The molecule has 1 aromatic heterocycles. The second-order valence-electron chi connectivity index (χ2n) is 9.62. The van der Waals surface area contributed by atoms with Crippen LogP contribution in [-0.4, -0.2) is 4.57 Å². The molecule has 0 fully saturated rings. The highest BCUT2D eigenvalue weighted by molar-refractivity contribution is 5.30. The van der Waals surface area contributed by atoms with Gasteiger partial charge in [0.2, 0.25) is 6.33 Å². The number of hydrogen-bond acceptors (Lipinski definition) is 0. The van der Waals surface area contributed by atoms with Gasteiger partial charge in [-0.3, -0.25) is 0 Å². The molecule has 0 amide bonds. The predicted molar refractivity (Wildman–Crippen MR) is 136 cm³/mol. The molecule has 0 aliphatic rings. The van der Waals surface area contributed by atoms with Crippen LogP contribution < -0.4 is 4.57 Å². The van der Waals surface area contributed by atoms with Gasteiger partial charge in [0, 0.05) is 5.41 Å². The highest BCUT2D eigenvalue weighted by atomic mass is 15.1. The van der Waals surface area contributed by atoms with E-state index in [-0.39, 0.29) is 5.41 Å². The minimum Gasteiger partial charge on any atom is -0.237 e. The van der Waals surface area contributed by atoms with E-state index in [2.05, 4.69) is 109 Å². The van der Waals surface area contributed by atoms with E-state index in [1.54, 1.807) is 0 Å². The lowest BCUT2D eigenvalue weighted by Crippen LogP contribution is -2.37. The molecular weight excluding hydrogens is 388 g/mol. The molecule has 1 heterocycles. The molecule has 0 spiro atoms. The summed E-state index contributed by atoms with van der Waals surface area (Å²) in [5.41, 5.74) is 2.86. The van der Waals surface area contributed by atoms with Crippen molar-refractivity contribution in [3.8, 4) is 0 Å². The van der Waals surface area contributed by atoms with Gasteiger partial charge >= 0.3 is 0 Å². The first-order valence-corrected chi connectivity index (χ1v) is 12.8. The largest absolute Gasteiger partial charge is 0.244 e. The number of rotatable bonds is 14. The predicted octanol–water partition coefficient (Wildman–Crippen LogP) is 7.68. The van der Waals surface area contributed by atoms with Gasteiger partial charge in [-0.2, -0.15) is 0 Å². The molecule has 0 saturated heterocycles. The topological polar surface area (TPSA) is 8.81 Å². The van der Waals surface area contributed by atoms with Gasteiger partial charge in [0.05, 0.1) is 6.54 Å². The lowest BCUT2D eigenvalue weighted by atomic mass is 9.70. The van der Waals surface area contributed by atoms with Gasteiger partial charge in [0.25, 0.3) is 0 Å². The average molecular weight is 432 g/mol. The molecule has 32 heavy (non-hydrogen) atoms. The molecule has 2 atom stereocenters. The number of aryl methyl sites for hydroxylation is 1. The number of imidazole rings is 1. The summed E-state index contributed by atoms with van der Waals surface area (Å²) >= 11 is 0. The standard InChI is InChI=1S/C30H43N2/c1-4-6-7-8-9-16-22-31-23-24-32(26-31)29(17-5-2)30(3,28-20-14-11-15-21-28)25-27-18-12-10-13-19-27/h10-15,18-21,23-24,26,29H,4-9,16-17,22,25H2,1-3H3/q+1. The summed E-state index contributed by atoms with van der Waals surface area (Å²) in [5, 5.41) is 0. The summed E-state index contributed by atoms with van der Waals surface area (Å²) in [5.74, 6) is 0. The van der Waals surface area contributed by atoms with Gasteiger partial charge < -0.3 is 0 Å². The Kier molecular flexibility index (Phi) is 9.59. The Hall–Kier alpha value is -2.35. The fraction of sp³-hybridized carbons (Fsp3) is 0.500. The molecule has 2 unspecified atom stereocenters. The molecule has 2 aromatic carbocycles. The van der Waals surface area contributed by atoms with E-state index in [9.17, 15) is 0 Å². The first kappa shape index (κ1) is 24.3. The van der Waals surface area contributed by atoms with Crippen LogP contribution in [0.2, 0.25) is 0 Å². The summed E-state index contributed by atoms with van der Waals surface area (Å²) in [6.45, 7) is 8.19. The Balaban J connectivity index is 1.81. The van der Waals surface area contributed by atoms with Crippen molar-refractivity contribution in [1.29, 1.82) is 0 Å². The minimum absolute atomic E-state index is 0.0234. The number of nitrogens with zero attached hydrogens (tertiary/aromatic N) is 2. The zero-order chi connectivity index (χ0) is 22.7. The maximum absolute atomic E-state index is 2.50. The fourth-order valence-corrected chi connectivity index (χ4v) is 5.12. The Morgan fingerprint density at radius 2 is 1.47 bits per heavy atom. The van der Waals surface area contributed by atoms with Crippen molar-refractivity contribution in [2.75, 3.05) is 0 Å². The van der Waals surface area contributed by atoms with Crippen LogP contribution in [-0.2, 0) is 18.4 Å². The van der Waals surface area contributed by atoms with Crippen molar-refractivity contribution in [2.24, 2.45) is 0 Å². The number of benzene rings is 2. The Morgan fingerprint density at radius 3 is 2.16 bits per heavy atom. The smallest absolute Gasteiger partial charge is 0.237 e. The van der Waals surface area contributed by atoms with E-state index in [0.29, 0.717) is 6.04 Å². The van der Waals surface area contributed by atoms with Crippen LogP contribution in [0.25, 0.3) is 0 Å². The molecule has 0 aliphatic heterocycles. The highest BCUT2D eigenvalue weighted by Gasteiger charge is 2.39. The van der Waals surface area contributed by atoms with Crippen molar-refractivity contribution in [1.82, 2.24) is 4.57 Å². The van der Waals surface area contributed by atoms with Gasteiger partial charge in [0.1, 0.15) is 18.4 Å². The van der Waals surface area contributed by atoms with Crippen LogP contribution in [0.4, 0.5) is 0 Å². The lowest BCUT2D eigenvalue weighted by molar-refractivity contribution is -0.697. The third kappa shape index (κ3) is 6.58. The number of hydrogen-bond donors (Lipinski definition) is 0. The van der Waals surface area contributed by atoms with Gasteiger partial charge in [-0.15, -0.1) is 0 Å². The van der Waals surface area contributed by atoms with E-state index < -0.39 is 0 Å². The first-order valence-electron chi connectivity index (χ1n) is 12.8. The van der Waals surface area contributed by atoms with E-state index in [1.807, 2.05) is 0 Å². The SMILES string of the molecule is CCCCCCCC[n+]1ccn(C(CCC)C(C)(Cc2ccccc2)c2ccccc2)c1. The third-order valence-electron chi connectivity index (χ3n) is 6.99. The average Bonchev–Trinajstić information content (AvgIpc) is 3.29. The van der Waals surface area contributed by atoms with Crippen molar-refractivity contribution in [3.63, 3.8) is 0 Å². The molecule has 172 valence electrons. The van der Waals surface area contributed by atoms with Gasteiger partial charge in [-0.25, -0.2) is 9.13 Å². The van der Waals surface area contributed by atoms with Crippen LogP contribution in [0, 0.1) is 0 Å². The molecule has 0 bridgehead atoms.